The van der Waals surface area contributed by atoms with E-state index in [9.17, 15) is 9.59 Å². The van der Waals surface area contributed by atoms with Gasteiger partial charge in [-0.25, -0.2) is 0 Å². The van der Waals surface area contributed by atoms with Crippen molar-refractivity contribution in [1.29, 1.82) is 0 Å². The predicted molar refractivity (Wildman–Crippen MR) is 57.2 cm³/mol. The Morgan fingerprint density at radius 3 is 2.40 bits per heavy atom. The molecule has 0 heterocycles. The predicted octanol–water partition coefficient (Wildman–Crippen LogP) is -0.210. The molecule has 0 aliphatic heterocycles. The molecule has 0 fully saturated rings. The van der Waals surface area contributed by atoms with Crippen molar-refractivity contribution >= 4 is 11.8 Å². The maximum Gasteiger partial charge on any atom is 0.221 e. The Bertz CT molecular complexity index is 205. The van der Waals surface area contributed by atoms with Crippen LogP contribution in [-0.4, -0.2) is 36.1 Å². The minimum absolute atomic E-state index is 0.0151. The van der Waals surface area contributed by atoms with Gasteiger partial charge in [-0.3, -0.25) is 9.59 Å². The lowest BCUT2D eigenvalue weighted by Crippen LogP contribution is -2.34. The van der Waals surface area contributed by atoms with Crippen LogP contribution >= 0.6 is 0 Å². The minimum Gasteiger partial charge on any atom is -0.396 e. The van der Waals surface area contributed by atoms with Crippen molar-refractivity contribution in [2.24, 2.45) is 0 Å². The van der Waals surface area contributed by atoms with Gasteiger partial charge in [0.05, 0.1) is 0 Å². The molecule has 0 aromatic carbocycles. The van der Waals surface area contributed by atoms with E-state index in [1.165, 1.54) is 0 Å². The molecule has 15 heavy (non-hydrogen) atoms. The highest BCUT2D eigenvalue weighted by atomic mass is 16.3. The van der Waals surface area contributed by atoms with E-state index >= 15 is 0 Å². The van der Waals surface area contributed by atoms with Gasteiger partial charge in [-0.05, 0) is 20.3 Å². The second kappa shape index (κ2) is 8.23. The zero-order valence-electron chi connectivity index (χ0n) is 9.38. The Morgan fingerprint density at radius 1 is 1.20 bits per heavy atom. The number of hydrogen-bond acceptors (Lipinski definition) is 3. The molecule has 88 valence electrons. The standard InChI is InChI=1S/C10H20N2O3/c1-8(2)12-10(15)5-6-11-9(14)4-3-7-13/h8,13H,3-7H2,1-2H3,(H,11,14)(H,12,15). The summed E-state index contributed by atoms with van der Waals surface area (Å²) < 4.78 is 0. The summed E-state index contributed by atoms with van der Waals surface area (Å²) in [6, 6.07) is 0.127. The average Bonchev–Trinajstić information content (AvgIpc) is 2.13. The smallest absolute Gasteiger partial charge is 0.221 e. The van der Waals surface area contributed by atoms with Crippen LogP contribution in [0.4, 0.5) is 0 Å². The highest BCUT2D eigenvalue weighted by molar-refractivity contribution is 5.79. The quantitative estimate of drug-likeness (QED) is 0.551. The van der Waals surface area contributed by atoms with Gasteiger partial charge >= 0.3 is 0 Å². The summed E-state index contributed by atoms with van der Waals surface area (Å²) in [6.45, 7) is 4.14. The molecule has 0 bridgehead atoms. The Morgan fingerprint density at radius 2 is 1.87 bits per heavy atom. The van der Waals surface area contributed by atoms with E-state index in [4.69, 9.17) is 5.11 Å². The molecule has 0 atom stereocenters. The average molecular weight is 216 g/mol. The molecule has 5 nitrogen and oxygen atoms in total. The van der Waals surface area contributed by atoms with E-state index in [0.29, 0.717) is 25.8 Å². The Balaban J connectivity index is 3.44. The lowest BCUT2D eigenvalue weighted by molar-refractivity contribution is -0.122. The third-order valence-corrected chi connectivity index (χ3v) is 1.69. The van der Waals surface area contributed by atoms with Crippen LogP contribution in [-0.2, 0) is 9.59 Å². The molecule has 0 spiro atoms. The van der Waals surface area contributed by atoms with Crippen molar-refractivity contribution in [3.63, 3.8) is 0 Å². The van der Waals surface area contributed by atoms with Crippen molar-refractivity contribution < 1.29 is 14.7 Å². The van der Waals surface area contributed by atoms with E-state index in [-0.39, 0.29) is 24.5 Å². The largest absolute Gasteiger partial charge is 0.396 e. The third-order valence-electron chi connectivity index (χ3n) is 1.69. The van der Waals surface area contributed by atoms with E-state index in [1.807, 2.05) is 13.8 Å². The fourth-order valence-electron chi connectivity index (χ4n) is 1.04. The van der Waals surface area contributed by atoms with E-state index in [1.54, 1.807) is 0 Å². The van der Waals surface area contributed by atoms with Crippen LogP contribution in [0.2, 0.25) is 0 Å². The van der Waals surface area contributed by atoms with Gasteiger partial charge < -0.3 is 15.7 Å². The summed E-state index contributed by atoms with van der Waals surface area (Å²) in [4.78, 5) is 22.2. The topological polar surface area (TPSA) is 78.4 Å². The molecule has 0 saturated heterocycles. The molecular weight excluding hydrogens is 196 g/mol. The summed E-state index contributed by atoms with van der Waals surface area (Å²) in [5.74, 6) is -0.186. The maximum absolute atomic E-state index is 11.1. The van der Waals surface area contributed by atoms with Gasteiger partial charge in [-0.15, -0.1) is 0 Å². The van der Waals surface area contributed by atoms with E-state index < -0.39 is 0 Å². The summed E-state index contributed by atoms with van der Waals surface area (Å²) in [6.07, 6.45) is 1.06. The van der Waals surface area contributed by atoms with Gasteiger partial charge in [0.15, 0.2) is 0 Å². The molecule has 3 N–H and O–H groups in total. The van der Waals surface area contributed by atoms with E-state index in [2.05, 4.69) is 10.6 Å². The van der Waals surface area contributed by atoms with Gasteiger partial charge in [-0.1, -0.05) is 0 Å². The number of hydrogen-bond donors (Lipinski definition) is 3. The Kier molecular flexibility index (Phi) is 7.62. The van der Waals surface area contributed by atoms with Crippen molar-refractivity contribution in [3.05, 3.63) is 0 Å². The first-order chi connectivity index (χ1) is 7.06. The zero-order chi connectivity index (χ0) is 11.7. The van der Waals surface area contributed by atoms with E-state index in [0.717, 1.165) is 0 Å². The summed E-state index contributed by atoms with van der Waals surface area (Å²) in [5.41, 5.74) is 0. The van der Waals surface area contributed by atoms with Crippen LogP contribution in [0.25, 0.3) is 0 Å². The summed E-state index contributed by atoms with van der Waals surface area (Å²) in [5, 5.41) is 13.8. The van der Waals surface area contributed by atoms with Crippen LogP contribution in [0, 0.1) is 0 Å². The van der Waals surface area contributed by atoms with Crippen LogP contribution in [0.15, 0.2) is 0 Å². The normalized spacial score (nSPS) is 10.1. The van der Waals surface area contributed by atoms with Crippen LogP contribution in [0.5, 0.6) is 0 Å². The van der Waals surface area contributed by atoms with Gasteiger partial charge in [0.1, 0.15) is 0 Å². The molecule has 0 radical (unpaired) electrons. The zero-order valence-corrected chi connectivity index (χ0v) is 9.38. The molecule has 0 saturated carbocycles. The highest BCUT2D eigenvalue weighted by Crippen LogP contribution is 1.87. The molecule has 0 aliphatic rings. The van der Waals surface area contributed by atoms with Crippen LogP contribution in [0.1, 0.15) is 33.1 Å². The van der Waals surface area contributed by atoms with Gasteiger partial charge in [-0.2, -0.15) is 0 Å². The monoisotopic (exact) mass is 216 g/mol. The number of aliphatic hydroxyl groups excluding tert-OH is 1. The summed E-state index contributed by atoms with van der Waals surface area (Å²) in [7, 11) is 0. The number of aliphatic hydroxyl groups is 1. The third kappa shape index (κ3) is 9.21. The minimum atomic E-state index is -0.124. The number of carbonyl (C=O) groups excluding carboxylic acids is 2. The van der Waals surface area contributed by atoms with Crippen LogP contribution < -0.4 is 10.6 Å². The first-order valence-electron chi connectivity index (χ1n) is 5.23. The van der Waals surface area contributed by atoms with Crippen molar-refractivity contribution in [3.8, 4) is 0 Å². The maximum atomic E-state index is 11.1. The Labute approximate surface area is 90.2 Å². The van der Waals surface area contributed by atoms with Crippen molar-refractivity contribution in [1.82, 2.24) is 10.6 Å². The first-order valence-corrected chi connectivity index (χ1v) is 5.23. The Hall–Kier alpha value is -1.10. The van der Waals surface area contributed by atoms with Gasteiger partial charge in [0, 0.05) is 32.0 Å². The molecule has 0 aliphatic carbocycles. The fourth-order valence-corrected chi connectivity index (χ4v) is 1.04. The van der Waals surface area contributed by atoms with Crippen LogP contribution in [0.3, 0.4) is 0 Å². The number of amides is 2. The second-order valence-electron chi connectivity index (χ2n) is 3.65. The first kappa shape index (κ1) is 13.9. The van der Waals surface area contributed by atoms with Crippen molar-refractivity contribution in [2.45, 2.75) is 39.2 Å². The number of nitrogens with one attached hydrogen (secondary N) is 2. The number of rotatable bonds is 7. The molecule has 0 aromatic heterocycles. The molecular formula is C10H20N2O3. The number of carbonyl (C=O) groups is 2. The second-order valence-corrected chi connectivity index (χ2v) is 3.65. The lowest BCUT2D eigenvalue weighted by atomic mass is 10.3. The fraction of sp³-hybridized carbons (Fsp3) is 0.800. The SMILES string of the molecule is CC(C)NC(=O)CCNC(=O)CCCO. The van der Waals surface area contributed by atoms with Gasteiger partial charge in [0.25, 0.3) is 0 Å². The van der Waals surface area contributed by atoms with Crippen molar-refractivity contribution in [2.75, 3.05) is 13.2 Å². The molecule has 5 heteroatoms. The molecule has 0 aromatic rings. The van der Waals surface area contributed by atoms with Gasteiger partial charge in [0.2, 0.25) is 11.8 Å². The highest BCUT2D eigenvalue weighted by Gasteiger charge is 2.04. The molecule has 0 unspecified atom stereocenters. The molecule has 2 amide bonds. The molecule has 0 rings (SSSR count). The lowest BCUT2D eigenvalue weighted by Gasteiger charge is -2.08. The summed E-state index contributed by atoms with van der Waals surface area (Å²) >= 11 is 0.